The number of aliphatic hydroxyl groups is 2. The van der Waals surface area contributed by atoms with Crippen LogP contribution in [-0.2, 0) is 29.8 Å². The highest BCUT2D eigenvalue weighted by Crippen LogP contribution is 2.48. The van der Waals surface area contributed by atoms with E-state index in [9.17, 15) is 29.9 Å². The molecule has 1 aromatic carbocycles. The summed E-state index contributed by atoms with van der Waals surface area (Å²) in [5, 5.41) is 47.1. The maximum Gasteiger partial charge on any atom is 0.406 e. The fraction of sp³-hybridized carbons (Fsp3) is 0.364. The number of hydrogen-bond acceptors (Lipinski definition) is 11. The number of nitriles is 1. The van der Waals surface area contributed by atoms with Gasteiger partial charge >= 0.3 is 13.7 Å². The van der Waals surface area contributed by atoms with Gasteiger partial charge in [0.1, 0.15) is 48.9 Å². The molecule has 3 heterocycles. The van der Waals surface area contributed by atoms with E-state index in [-0.39, 0.29) is 18.1 Å². The molecule has 0 amide bonds. The number of rotatable bonds is 10. The molecule has 196 valence electrons. The van der Waals surface area contributed by atoms with Crippen LogP contribution >= 0.6 is 7.75 Å². The smallest absolute Gasteiger partial charge is 0.406 e. The van der Waals surface area contributed by atoms with E-state index < -0.39 is 50.3 Å². The molecule has 1 aliphatic heterocycles. The number of nitrogen functional groups attached to an aromatic ring is 1. The first kappa shape index (κ1) is 26.6. The number of nitrogens with zero attached hydrogens (tertiary/aromatic N) is 4. The third-order valence-electron chi connectivity index (χ3n) is 5.86. The van der Waals surface area contributed by atoms with Crippen molar-refractivity contribution in [3.05, 3.63) is 60.0 Å². The van der Waals surface area contributed by atoms with Gasteiger partial charge in [0.25, 0.3) is 0 Å². The van der Waals surface area contributed by atoms with E-state index in [4.69, 9.17) is 19.5 Å². The number of ether oxygens (including phenoxy) is 1. The SMILES string of the molecule is CC(NP(=O)(OCc1ccccc1)OC[C@@]1(C#N)O[C@@H](c2ccc3c(N)ncnn23)[C@H](O)[C@@H]1O)C(=O)O. The lowest BCUT2D eigenvalue weighted by Crippen LogP contribution is -2.46. The molecule has 2 aromatic heterocycles. The second-order valence-electron chi connectivity index (χ2n) is 8.39. The minimum Gasteiger partial charge on any atom is -0.480 e. The molecule has 1 saturated heterocycles. The summed E-state index contributed by atoms with van der Waals surface area (Å²) in [7, 11) is -4.37. The van der Waals surface area contributed by atoms with Crippen LogP contribution in [0.15, 0.2) is 48.8 Å². The molecule has 37 heavy (non-hydrogen) atoms. The summed E-state index contributed by atoms with van der Waals surface area (Å²) >= 11 is 0. The lowest BCUT2D eigenvalue weighted by Gasteiger charge is -2.28. The average Bonchev–Trinajstić information content (AvgIpc) is 3.43. The second-order valence-corrected chi connectivity index (χ2v) is 10.2. The van der Waals surface area contributed by atoms with Gasteiger partial charge in [-0.2, -0.15) is 10.4 Å². The van der Waals surface area contributed by atoms with Crippen LogP contribution in [0, 0.1) is 11.3 Å². The van der Waals surface area contributed by atoms with Crippen LogP contribution in [0.4, 0.5) is 5.82 Å². The van der Waals surface area contributed by atoms with Gasteiger partial charge in [-0.15, -0.1) is 0 Å². The zero-order valence-corrected chi connectivity index (χ0v) is 20.4. The van der Waals surface area contributed by atoms with Crippen LogP contribution in [-0.4, -0.2) is 66.3 Å². The van der Waals surface area contributed by atoms with Crippen molar-refractivity contribution in [3.63, 3.8) is 0 Å². The van der Waals surface area contributed by atoms with Crippen molar-refractivity contribution in [1.29, 1.82) is 5.26 Å². The topological polar surface area (TPSA) is 215 Å². The van der Waals surface area contributed by atoms with Crippen LogP contribution < -0.4 is 10.8 Å². The number of hydrogen-bond donors (Lipinski definition) is 5. The van der Waals surface area contributed by atoms with Gasteiger partial charge in [-0.3, -0.25) is 13.8 Å². The Labute approximate surface area is 210 Å². The number of carbonyl (C=O) groups is 1. The van der Waals surface area contributed by atoms with Crippen LogP contribution in [0.5, 0.6) is 0 Å². The Bertz CT molecular complexity index is 1360. The van der Waals surface area contributed by atoms with E-state index in [2.05, 4.69) is 15.2 Å². The highest BCUT2D eigenvalue weighted by Gasteiger charge is 2.57. The van der Waals surface area contributed by atoms with Gasteiger partial charge in [0.05, 0.1) is 12.3 Å². The molecule has 15 heteroatoms. The predicted octanol–water partition coefficient (Wildman–Crippen LogP) is 0.771. The van der Waals surface area contributed by atoms with Gasteiger partial charge in [-0.05, 0) is 24.6 Å². The second kappa shape index (κ2) is 10.5. The number of benzene rings is 1. The fourth-order valence-electron chi connectivity index (χ4n) is 3.79. The van der Waals surface area contributed by atoms with Crippen LogP contribution in [0.2, 0.25) is 0 Å². The molecule has 0 bridgehead atoms. The van der Waals surface area contributed by atoms with Crippen LogP contribution in [0.25, 0.3) is 5.52 Å². The third-order valence-corrected chi connectivity index (χ3v) is 7.50. The summed E-state index contributed by atoms with van der Waals surface area (Å²) in [6.07, 6.45) is -3.45. The molecule has 1 aliphatic rings. The Kier molecular flexibility index (Phi) is 7.58. The zero-order chi connectivity index (χ0) is 26.8. The molecule has 14 nitrogen and oxygen atoms in total. The average molecular weight is 532 g/mol. The van der Waals surface area contributed by atoms with Gasteiger partial charge in [-0.1, -0.05) is 30.3 Å². The summed E-state index contributed by atoms with van der Waals surface area (Å²) in [5.41, 5.74) is 4.97. The molecule has 4 rings (SSSR count). The normalized spacial score (nSPS) is 25.9. The summed E-state index contributed by atoms with van der Waals surface area (Å²) in [4.78, 5) is 15.2. The van der Waals surface area contributed by atoms with Crippen molar-refractivity contribution in [2.45, 2.75) is 43.5 Å². The van der Waals surface area contributed by atoms with E-state index in [1.165, 1.54) is 17.8 Å². The number of aliphatic hydroxyl groups excluding tert-OH is 2. The number of carboxylic acids is 1. The number of aliphatic carboxylic acids is 1. The van der Waals surface area contributed by atoms with Gasteiger partial charge < -0.3 is 25.8 Å². The van der Waals surface area contributed by atoms with Crippen molar-refractivity contribution < 1.29 is 38.5 Å². The minimum atomic E-state index is -4.37. The van der Waals surface area contributed by atoms with Crippen LogP contribution in [0.1, 0.15) is 24.3 Å². The van der Waals surface area contributed by atoms with Crippen molar-refractivity contribution in [3.8, 4) is 6.07 Å². The molecule has 1 fully saturated rings. The van der Waals surface area contributed by atoms with Crippen molar-refractivity contribution in [1.82, 2.24) is 19.7 Å². The van der Waals surface area contributed by atoms with E-state index in [1.54, 1.807) is 48.5 Å². The first-order valence-corrected chi connectivity index (χ1v) is 12.6. The lowest BCUT2D eigenvalue weighted by atomic mass is 9.96. The molecule has 6 N–H and O–H groups in total. The molecular formula is C22H25N6O8P. The third kappa shape index (κ3) is 5.34. The van der Waals surface area contributed by atoms with E-state index in [1.807, 2.05) is 0 Å². The van der Waals surface area contributed by atoms with E-state index in [0.29, 0.717) is 11.1 Å². The van der Waals surface area contributed by atoms with Crippen molar-refractivity contribution in [2.24, 2.45) is 0 Å². The minimum absolute atomic E-state index is 0.166. The molecule has 0 saturated carbocycles. The summed E-state index contributed by atoms with van der Waals surface area (Å²) in [6, 6.07) is 12.2. The van der Waals surface area contributed by atoms with Gasteiger partial charge in [-0.25, -0.2) is 19.2 Å². The molecule has 3 aromatic rings. The summed E-state index contributed by atoms with van der Waals surface area (Å²) < 4.78 is 31.5. The molecule has 2 unspecified atom stereocenters. The van der Waals surface area contributed by atoms with Gasteiger partial charge in [0.15, 0.2) is 5.82 Å². The summed E-state index contributed by atoms with van der Waals surface area (Å²) in [5.74, 6) is -1.16. The quantitative estimate of drug-likeness (QED) is 0.228. The molecule has 0 spiro atoms. The molecular weight excluding hydrogens is 507 g/mol. The molecule has 0 aliphatic carbocycles. The highest BCUT2D eigenvalue weighted by molar-refractivity contribution is 7.51. The number of anilines is 1. The first-order valence-electron chi connectivity index (χ1n) is 11.1. The number of carboxylic acid groups (broad SMARTS) is 1. The maximum absolute atomic E-state index is 13.5. The van der Waals surface area contributed by atoms with E-state index >= 15 is 0 Å². The van der Waals surface area contributed by atoms with E-state index in [0.717, 1.165) is 0 Å². The monoisotopic (exact) mass is 532 g/mol. The maximum atomic E-state index is 13.5. The number of nitrogens with two attached hydrogens (primary N) is 1. The standard InChI is InChI=1S/C22H25N6O8P/c1-13(21(31)32)27-37(33,34-9-14-5-3-2-4-6-14)35-11-22(10-23)19(30)17(29)18(36-22)15-7-8-16-20(24)25-12-26-28(15)16/h2-8,12-13,17-19,29-30H,9,11H2,1H3,(H,27,33)(H,31,32)(H2,24,25,26)/t13?,17-,18-,19-,22+,37?/m0/s1. The number of nitrogens with one attached hydrogen (secondary N) is 1. The highest BCUT2D eigenvalue weighted by atomic mass is 31.2. The first-order chi connectivity index (χ1) is 17.6. The largest absolute Gasteiger partial charge is 0.480 e. The van der Waals surface area contributed by atoms with Crippen molar-refractivity contribution >= 4 is 25.1 Å². The Balaban J connectivity index is 1.57. The molecule has 0 radical (unpaired) electrons. The van der Waals surface area contributed by atoms with Crippen molar-refractivity contribution in [2.75, 3.05) is 12.3 Å². The predicted molar refractivity (Wildman–Crippen MR) is 127 cm³/mol. The number of aromatic nitrogens is 3. The fourth-order valence-corrected chi connectivity index (χ4v) is 5.28. The zero-order valence-electron chi connectivity index (χ0n) is 19.5. The van der Waals surface area contributed by atoms with Gasteiger partial charge in [0.2, 0.25) is 5.60 Å². The summed E-state index contributed by atoms with van der Waals surface area (Å²) in [6.45, 7) is 0.198. The van der Waals surface area contributed by atoms with Crippen LogP contribution in [0.3, 0.4) is 0 Å². The number of fused-ring (bicyclic) bond motifs is 1. The Morgan fingerprint density at radius 2 is 2.05 bits per heavy atom. The Hall–Kier alpha value is -3.41. The van der Waals surface area contributed by atoms with Gasteiger partial charge in [0, 0.05) is 0 Å². The Morgan fingerprint density at radius 3 is 2.73 bits per heavy atom. The molecule has 6 atom stereocenters. The Morgan fingerprint density at radius 1 is 1.32 bits per heavy atom. The lowest BCUT2D eigenvalue weighted by molar-refractivity contribution is -0.138.